The zero-order chi connectivity index (χ0) is 21.5. The van der Waals surface area contributed by atoms with Crippen molar-refractivity contribution in [3.63, 3.8) is 0 Å². The molecule has 0 aliphatic heterocycles. The number of methoxy groups -OCH3 is 1. The summed E-state index contributed by atoms with van der Waals surface area (Å²) in [7, 11) is 3.20. The van der Waals surface area contributed by atoms with Gasteiger partial charge in [-0.25, -0.2) is 0 Å². The molecule has 1 N–H and O–H groups in total. The Balaban J connectivity index is 1.66. The summed E-state index contributed by atoms with van der Waals surface area (Å²) < 4.78 is 12.7. The molecular formula is C22H19ClN4O3. The fourth-order valence-corrected chi connectivity index (χ4v) is 2.77. The van der Waals surface area contributed by atoms with Crippen molar-refractivity contribution in [1.82, 2.24) is 9.78 Å². The van der Waals surface area contributed by atoms with Gasteiger partial charge in [0.1, 0.15) is 24.1 Å². The van der Waals surface area contributed by atoms with Crippen LogP contribution in [0.2, 0.25) is 5.02 Å². The number of rotatable bonds is 7. The van der Waals surface area contributed by atoms with Gasteiger partial charge in [0.15, 0.2) is 11.5 Å². The van der Waals surface area contributed by atoms with E-state index in [0.717, 1.165) is 11.1 Å². The van der Waals surface area contributed by atoms with Crippen molar-refractivity contribution in [3.8, 4) is 17.6 Å². The summed E-state index contributed by atoms with van der Waals surface area (Å²) >= 11 is 5.89. The predicted octanol–water partition coefficient (Wildman–Crippen LogP) is 4.18. The normalized spacial score (nSPS) is 10.6. The second kappa shape index (κ2) is 9.63. The molecule has 152 valence electrons. The molecule has 0 aliphatic carbocycles. The highest BCUT2D eigenvalue weighted by Crippen LogP contribution is 2.29. The molecule has 0 saturated carbocycles. The fraction of sp³-hybridized carbons (Fsp3) is 0.136. The van der Waals surface area contributed by atoms with Gasteiger partial charge in [-0.1, -0.05) is 29.8 Å². The van der Waals surface area contributed by atoms with E-state index >= 15 is 0 Å². The topological polar surface area (TPSA) is 89.2 Å². The first-order valence-electron chi connectivity index (χ1n) is 8.96. The summed E-state index contributed by atoms with van der Waals surface area (Å²) in [5.41, 5.74) is 2.03. The summed E-state index contributed by atoms with van der Waals surface area (Å²) in [6.45, 7) is 0.372. The molecule has 1 amide bonds. The standard InChI is InChI=1S/C22H19ClN4O3/c1-27-22(17(12-24)13-25-27)26-21(28)10-6-15-5-9-19(20(11-15)29-2)30-14-16-3-7-18(23)8-4-16/h3-11,13H,14H2,1-2H3,(H,26,28)/b10-6+. The Labute approximate surface area is 179 Å². The second-order valence-electron chi connectivity index (χ2n) is 6.29. The number of hydrogen-bond donors (Lipinski definition) is 1. The lowest BCUT2D eigenvalue weighted by Gasteiger charge is -2.11. The number of carbonyl (C=O) groups is 1. The molecule has 0 fully saturated rings. The van der Waals surface area contributed by atoms with Crippen LogP contribution in [0.5, 0.6) is 11.5 Å². The third-order valence-corrected chi connectivity index (χ3v) is 4.48. The van der Waals surface area contributed by atoms with Gasteiger partial charge in [0.2, 0.25) is 5.91 Å². The van der Waals surface area contributed by atoms with Crippen LogP contribution in [-0.2, 0) is 18.4 Å². The summed E-state index contributed by atoms with van der Waals surface area (Å²) in [5, 5.41) is 16.3. The lowest BCUT2D eigenvalue weighted by Crippen LogP contribution is -2.12. The highest BCUT2D eigenvalue weighted by molar-refractivity contribution is 6.30. The Morgan fingerprint density at radius 3 is 2.73 bits per heavy atom. The highest BCUT2D eigenvalue weighted by atomic mass is 35.5. The average molecular weight is 423 g/mol. The molecule has 0 saturated heterocycles. The minimum atomic E-state index is -0.378. The largest absolute Gasteiger partial charge is 0.493 e. The molecule has 0 aliphatic rings. The smallest absolute Gasteiger partial charge is 0.249 e. The maximum Gasteiger partial charge on any atom is 0.249 e. The molecule has 3 aromatic rings. The molecule has 7 nitrogen and oxygen atoms in total. The summed E-state index contributed by atoms with van der Waals surface area (Å²) in [4.78, 5) is 12.2. The number of carbonyl (C=O) groups excluding carboxylic acids is 1. The van der Waals surface area contributed by atoms with Crippen LogP contribution in [0.1, 0.15) is 16.7 Å². The van der Waals surface area contributed by atoms with E-state index in [0.29, 0.717) is 34.5 Å². The van der Waals surface area contributed by atoms with Crippen molar-refractivity contribution in [2.24, 2.45) is 7.05 Å². The first kappa shape index (κ1) is 21.0. The number of hydrogen-bond acceptors (Lipinski definition) is 5. The van der Waals surface area contributed by atoms with Gasteiger partial charge in [-0.05, 0) is 41.5 Å². The molecule has 2 aromatic carbocycles. The lowest BCUT2D eigenvalue weighted by atomic mass is 10.2. The van der Waals surface area contributed by atoms with E-state index in [9.17, 15) is 4.79 Å². The molecule has 0 bridgehead atoms. The van der Waals surface area contributed by atoms with E-state index in [4.69, 9.17) is 26.3 Å². The number of ether oxygens (including phenoxy) is 2. The quantitative estimate of drug-likeness (QED) is 0.577. The van der Waals surface area contributed by atoms with Crippen LogP contribution in [0.25, 0.3) is 6.08 Å². The molecule has 1 aromatic heterocycles. The minimum absolute atomic E-state index is 0.295. The number of aryl methyl sites for hydroxylation is 1. The van der Waals surface area contributed by atoms with Crippen LogP contribution in [0.15, 0.2) is 54.7 Å². The van der Waals surface area contributed by atoms with E-state index in [-0.39, 0.29) is 5.91 Å². The molecule has 0 atom stereocenters. The maximum atomic E-state index is 12.2. The van der Waals surface area contributed by atoms with Crippen LogP contribution in [0.4, 0.5) is 5.82 Å². The number of nitrogens with zero attached hydrogens (tertiary/aromatic N) is 3. The first-order chi connectivity index (χ1) is 14.5. The van der Waals surface area contributed by atoms with E-state index < -0.39 is 0 Å². The van der Waals surface area contributed by atoms with Gasteiger partial charge in [0, 0.05) is 18.1 Å². The molecular weight excluding hydrogens is 404 g/mol. The van der Waals surface area contributed by atoms with Crippen LogP contribution in [0.3, 0.4) is 0 Å². The molecule has 8 heteroatoms. The van der Waals surface area contributed by atoms with Crippen molar-refractivity contribution >= 4 is 29.4 Å². The van der Waals surface area contributed by atoms with Gasteiger partial charge in [0.05, 0.1) is 13.3 Å². The van der Waals surface area contributed by atoms with Crippen LogP contribution in [0, 0.1) is 11.3 Å². The van der Waals surface area contributed by atoms with E-state index in [2.05, 4.69) is 10.4 Å². The zero-order valence-corrected chi connectivity index (χ0v) is 17.2. The Hall–Kier alpha value is -3.76. The zero-order valence-electron chi connectivity index (χ0n) is 16.4. The maximum absolute atomic E-state index is 12.2. The highest BCUT2D eigenvalue weighted by Gasteiger charge is 2.10. The van der Waals surface area contributed by atoms with Crippen LogP contribution in [-0.4, -0.2) is 22.8 Å². The van der Waals surface area contributed by atoms with Crippen LogP contribution < -0.4 is 14.8 Å². The molecule has 3 rings (SSSR count). The van der Waals surface area contributed by atoms with Gasteiger partial charge in [-0.2, -0.15) is 10.4 Å². The number of nitrogens with one attached hydrogen (secondary N) is 1. The van der Waals surface area contributed by atoms with Gasteiger partial charge in [0.25, 0.3) is 0 Å². The Kier molecular flexibility index (Phi) is 6.73. The third kappa shape index (κ3) is 5.19. The van der Waals surface area contributed by atoms with Crippen LogP contribution >= 0.6 is 11.6 Å². The monoisotopic (exact) mass is 422 g/mol. The number of amides is 1. The Bertz CT molecular complexity index is 1110. The number of halogens is 1. The fourth-order valence-electron chi connectivity index (χ4n) is 2.65. The van der Waals surface area contributed by atoms with E-state index in [1.54, 1.807) is 32.4 Å². The minimum Gasteiger partial charge on any atom is -0.493 e. The number of nitriles is 1. The summed E-state index contributed by atoms with van der Waals surface area (Å²) in [6.07, 6.45) is 4.41. The van der Waals surface area contributed by atoms with Crippen molar-refractivity contribution in [1.29, 1.82) is 5.26 Å². The van der Waals surface area contributed by atoms with Gasteiger partial charge in [-0.3, -0.25) is 9.48 Å². The van der Waals surface area contributed by atoms with Crippen molar-refractivity contribution < 1.29 is 14.3 Å². The van der Waals surface area contributed by atoms with Gasteiger partial charge >= 0.3 is 0 Å². The number of anilines is 1. The Morgan fingerprint density at radius 2 is 2.03 bits per heavy atom. The summed E-state index contributed by atoms with van der Waals surface area (Å²) in [6, 6.07) is 14.7. The molecule has 1 heterocycles. The number of aromatic nitrogens is 2. The average Bonchev–Trinajstić information content (AvgIpc) is 3.11. The first-order valence-corrected chi connectivity index (χ1v) is 9.34. The molecule has 0 spiro atoms. The third-order valence-electron chi connectivity index (χ3n) is 4.22. The lowest BCUT2D eigenvalue weighted by molar-refractivity contribution is -0.111. The Morgan fingerprint density at radius 1 is 1.27 bits per heavy atom. The van der Waals surface area contributed by atoms with E-state index in [1.807, 2.05) is 36.4 Å². The van der Waals surface area contributed by atoms with E-state index in [1.165, 1.54) is 17.0 Å². The van der Waals surface area contributed by atoms with Gasteiger partial charge < -0.3 is 14.8 Å². The van der Waals surface area contributed by atoms with Crippen molar-refractivity contribution in [2.45, 2.75) is 6.61 Å². The summed E-state index contributed by atoms with van der Waals surface area (Å²) in [5.74, 6) is 1.10. The molecule has 0 radical (unpaired) electrons. The van der Waals surface area contributed by atoms with Crippen molar-refractivity contribution in [3.05, 3.63) is 76.5 Å². The van der Waals surface area contributed by atoms with Crippen molar-refractivity contribution in [2.75, 3.05) is 12.4 Å². The molecule has 0 unspecified atom stereocenters. The number of benzene rings is 2. The molecule has 30 heavy (non-hydrogen) atoms. The second-order valence-corrected chi connectivity index (χ2v) is 6.73. The predicted molar refractivity (Wildman–Crippen MR) is 114 cm³/mol. The SMILES string of the molecule is COc1cc(/C=C/C(=O)Nc2c(C#N)cnn2C)ccc1OCc1ccc(Cl)cc1. The van der Waals surface area contributed by atoms with Gasteiger partial charge in [-0.15, -0.1) is 0 Å².